The fourth-order valence-corrected chi connectivity index (χ4v) is 3.12. The Morgan fingerprint density at radius 1 is 0.913 bits per heavy atom. The molecule has 112 valence electrons. The van der Waals surface area contributed by atoms with Crippen molar-refractivity contribution in [2.45, 2.75) is 0 Å². The van der Waals surface area contributed by atoms with Gasteiger partial charge in [-0.05, 0) is 47.8 Å². The van der Waals surface area contributed by atoms with E-state index in [9.17, 15) is 4.39 Å². The highest BCUT2D eigenvalue weighted by atomic mass is 32.1. The number of rotatable bonds is 3. The molecule has 0 aliphatic rings. The van der Waals surface area contributed by atoms with E-state index in [1.807, 2.05) is 29.6 Å². The first-order chi connectivity index (χ1) is 11.3. The lowest BCUT2D eigenvalue weighted by molar-refractivity contribution is 0.628. The fourth-order valence-electron chi connectivity index (χ4n) is 2.45. The van der Waals surface area contributed by atoms with E-state index < -0.39 is 0 Å². The van der Waals surface area contributed by atoms with Gasteiger partial charge in [0.1, 0.15) is 11.6 Å². The second-order valence-corrected chi connectivity index (χ2v) is 5.98. The molecule has 0 atom stereocenters. The van der Waals surface area contributed by atoms with Gasteiger partial charge in [0, 0.05) is 23.5 Å². The molecule has 0 unspecified atom stereocenters. The zero-order valence-corrected chi connectivity index (χ0v) is 12.8. The van der Waals surface area contributed by atoms with E-state index in [2.05, 4.69) is 9.97 Å². The van der Waals surface area contributed by atoms with Crippen LogP contribution in [0.2, 0.25) is 0 Å². The molecule has 0 bridgehead atoms. The van der Waals surface area contributed by atoms with Gasteiger partial charge in [0.15, 0.2) is 0 Å². The van der Waals surface area contributed by atoms with Crippen LogP contribution in [0, 0.1) is 5.82 Å². The van der Waals surface area contributed by atoms with Crippen molar-refractivity contribution in [2.75, 3.05) is 0 Å². The van der Waals surface area contributed by atoms with Gasteiger partial charge in [-0.15, -0.1) is 11.3 Å². The van der Waals surface area contributed by atoms with Crippen LogP contribution in [0.3, 0.4) is 0 Å². The summed E-state index contributed by atoms with van der Waals surface area (Å²) in [5, 5.41) is 2.02. The van der Waals surface area contributed by atoms with E-state index in [4.69, 9.17) is 4.98 Å². The van der Waals surface area contributed by atoms with Gasteiger partial charge in [-0.3, -0.25) is 4.98 Å². The van der Waals surface area contributed by atoms with Crippen LogP contribution in [0.1, 0.15) is 0 Å². The molecule has 0 amide bonds. The maximum Gasteiger partial charge on any atom is 0.148 e. The highest BCUT2D eigenvalue weighted by Crippen LogP contribution is 2.33. The van der Waals surface area contributed by atoms with Gasteiger partial charge in [0.2, 0.25) is 0 Å². The summed E-state index contributed by atoms with van der Waals surface area (Å²) in [6.07, 6.45) is 3.49. The minimum absolute atomic E-state index is 0.256. The number of nitrogens with zero attached hydrogens (tertiary/aromatic N) is 2. The Balaban J connectivity index is 1.90. The Bertz CT molecular complexity index is 913. The van der Waals surface area contributed by atoms with Gasteiger partial charge in [-0.1, -0.05) is 6.07 Å². The molecule has 0 aliphatic carbocycles. The number of imidazole rings is 1. The average molecular weight is 321 g/mol. The van der Waals surface area contributed by atoms with Gasteiger partial charge in [0.25, 0.3) is 0 Å². The van der Waals surface area contributed by atoms with E-state index in [-0.39, 0.29) is 5.82 Å². The van der Waals surface area contributed by atoms with Crippen LogP contribution in [0.5, 0.6) is 0 Å². The lowest BCUT2D eigenvalue weighted by Crippen LogP contribution is -1.84. The third-order valence-electron chi connectivity index (χ3n) is 3.55. The number of H-pyrrole nitrogens is 1. The zero-order chi connectivity index (χ0) is 15.6. The monoisotopic (exact) mass is 321 g/mol. The number of aromatic nitrogens is 3. The molecule has 0 saturated carbocycles. The van der Waals surface area contributed by atoms with Crippen molar-refractivity contribution in [3.8, 4) is 33.2 Å². The number of aromatic amines is 1. The van der Waals surface area contributed by atoms with E-state index in [1.165, 1.54) is 12.1 Å². The van der Waals surface area contributed by atoms with E-state index in [0.29, 0.717) is 0 Å². The summed E-state index contributed by atoms with van der Waals surface area (Å²) in [7, 11) is 0. The topological polar surface area (TPSA) is 41.6 Å². The Morgan fingerprint density at radius 2 is 1.70 bits per heavy atom. The molecule has 1 N–H and O–H groups in total. The van der Waals surface area contributed by atoms with Gasteiger partial charge in [0.05, 0.1) is 16.3 Å². The second-order valence-electron chi connectivity index (χ2n) is 5.03. The molecule has 0 radical (unpaired) electrons. The quantitative estimate of drug-likeness (QED) is 0.576. The van der Waals surface area contributed by atoms with Crippen molar-refractivity contribution in [1.29, 1.82) is 0 Å². The summed E-state index contributed by atoms with van der Waals surface area (Å²) in [4.78, 5) is 13.3. The lowest BCUT2D eigenvalue weighted by Gasteiger charge is -2.02. The van der Waals surface area contributed by atoms with Crippen molar-refractivity contribution < 1.29 is 4.39 Å². The number of benzene rings is 1. The standard InChI is InChI=1S/C18H12FN3S/c19-14-5-3-12(4-6-14)16-17(13-7-9-20-10-8-13)22-18(21-16)15-2-1-11-23-15/h1-11H,(H,21,22). The molecule has 1 aromatic carbocycles. The summed E-state index contributed by atoms with van der Waals surface area (Å²) in [5.41, 5.74) is 3.58. The molecule has 0 fully saturated rings. The maximum atomic E-state index is 13.2. The second kappa shape index (κ2) is 5.78. The smallest absolute Gasteiger partial charge is 0.148 e. The van der Waals surface area contributed by atoms with Crippen molar-refractivity contribution in [2.24, 2.45) is 0 Å². The highest BCUT2D eigenvalue weighted by molar-refractivity contribution is 7.13. The normalized spacial score (nSPS) is 10.8. The minimum Gasteiger partial charge on any atom is -0.337 e. The van der Waals surface area contributed by atoms with Gasteiger partial charge >= 0.3 is 0 Å². The van der Waals surface area contributed by atoms with Crippen LogP contribution in [0.15, 0.2) is 66.3 Å². The van der Waals surface area contributed by atoms with Crippen LogP contribution in [-0.2, 0) is 0 Å². The predicted octanol–water partition coefficient (Wildman–Crippen LogP) is 5.01. The maximum absolute atomic E-state index is 13.2. The average Bonchev–Trinajstić information content (AvgIpc) is 3.26. The molecule has 23 heavy (non-hydrogen) atoms. The molecular formula is C18H12FN3S. The Hall–Kier alpha value is -2.79. The fraction of sp³-hybridized carbons (Fsp3) is 0. The number of thiophene rings is 1. The third kappa shape index (κ3) is 2.66. The SMILES string of the molecule is Fc1ccc(-c2nc(-c3cccs3)[nH]c2-c2ccncc2)cc1. The van der Waals surface area contributed by atoms with Crippen LogP contribution in [-0.4, -0.2) is 15.0 Å². The highest BCUT2D eigenvalue weighted by Gasteiger charge is 2.15. The van der Waals surface area contributed by atoms with Crippen molar-refractivity contribution in [1.82, 2.24) is 15.0 Å². The molecule has 3 heterocycles. The van der Waals surface area contributed by atoms with E-state index in [1.54, 1.807) is 35.9 Å². The van der Waals surface area contributed by atoms with Gasteiger partial charge in [-0.25, -0.2) is 9.37 Å². The first kappa shape index (κ1) is 13.8. The van der Waals surface area contributed by atoms with E-state index >= 15 is 0 Å². The lowest BCUT2D eigenvalue weighted by atomic mass is 10.1. The Kier molecular flexibility index (Phi) is 3.48. The van der Waals surface area contributed by atoms with Crippen molar-refractivity contribution in [3.05, 3.63) is 72.1 Å². The van der Waals surface area contributed by atoms with Crippen molar-refractivity contribution in [3.63, 3.8) is 0 Å². The third-order valence-corrected chi connectivity index (χ3v) is 4.42. The molecule has 3 nitrogen and oxygen atoms in total. The summed E-state index contributed by atoms with van der Waals surface area (Å²) in [6, 6.07) is 14.3. The molecule has 4 rings (SSSR count). The molecule has 0 saturated heterocycles. The molecular weight excluding hydrogens is 309 g/mol. The number of hydrogen-bond donors (Lipinski definition) is 1. The summed E-state index contributed by atoms with van der Waals surface area (Å²) in [5.74, 6) is 0.555. The molecule has 3 aromatic heterocycles. The number of nitrogens with one attached hydrogen (secondary N) is 1. The molecule has 0 aliphatic heterocycles. The van der Waals surface area contributed by atoms with Crippen molar-refractivity contribution >= 4 is 11.3 Å². The van der Waals surface area contributed by atoms with Crippen LogP contribution >= 0.6 is 11.3 Å². The number of halogens is 1. The Labute approximate surface area is 136 Å². The Morgan fingerprint density at radius 3 is 2.39 bits per heavy atom. The summed E-state index contributed by atoms with van der Waals surface area (Å²) >= 11 is 1.62. The molecule has 5 heteroatoms. The summed E-state index contributed by atoms with van der Waals surface area (Å²) < 4.78 is 13.2. The van der Waals surface area contributed by atoms with E-state index in [0.717, 1.165) is 33.2 Å². The number of pyridine rings is 1. The summed E-state index contributed by atoms with van der Waals surface area (Å²) in [6.45, 7) is 0. The number of hydrogen-bond acceptors (Lipinski definition) is 3. The first-order valence-electron chi connectivity index (χ1n) is 7.11. The first-order valence-corrected chi connectivity index (χ1v) is 7.99. The predicted molar refractivity (Wildman–Crippen MR) is 90.5 cm³/mol. The van der Waals surface area contributed by atoms with Crippen LogP contribution in [0.4, 0.5) is 4.39 Å². The van der Waals surface area contributed by atoms with Gasteiger partial charge in [-0.2, -0.15) is 0 Å². The molecule has 0 spiro atoms. The molecule has 4 aromatic rings. The minimum atomic E-state index is -0.256. The zero-order valence-electron chi connectivity index (χ0n) is 12.0. The largest absolute Gasteiger partial charge is 0.337 e. The van der Waals surface area contributed by atoms with Gasteiger partial charge < -0.3 is 4.98 Å². The van der Waals surface area contributed by atoms with Crippen LogP contribution < -0.4 is 0 Å². The van der Waals surface area contributed by atoms with Crippen LogP contribution in [0.25, 0.3) is 33.2 Å².